The van der Waals surface area contributed by atoms with Crippen molar-refractivity contribution in [2.24, 2.45) is 0 Å². The number of likely N-dealkylation sites (N-methyl/N-ethyl adjacent to an activating group) is 1. The quantitative estimate of drug-likeness (QED) is 0.574. The van der Waals surface area contributed by atoms with Crippen molar-refractivity contribution in [3.05, 3.63) is 62.4 Å². The van der Waals surface area contributed by atoms with E-state index in [0.717, 1.165) is 66.4 Å². The lowest BCUT2D eigenvalue weighted by atomic mass is 10.0. The van der Waals surface area contributed by atoms with E-state index < -0.39 is 0 Å². The van der Waals surface area contributed by atoms with Crippen molar-refractivity contribution in [3.63, 3.8) is 0 Å². The number of hydrogen-bond acceptors (Lipinski definition) is 5. The SMILES string of the molecule is CCN1CCN(C(=O)c2sc(-n3nc(C)c(Cc4ccc(Cl)cc4)c3C)nc2C)CC1. The number of benzene rings is 1. The van der Waals surface area contributed by atoms with Crippen LogP contribution in [0.4, 0.5) is 0 Å². The molecule has 1 fully saturated rings. The fraction of sp³-hybridized carbons (Fsp3) is 0.435. The number of nitrogens with zero attached hydrogens (tertiary/aromatic N) is 5. The normalized spacial score (nSPS) is 14.9. The number of aromatic nitrogens is 3. The summed E-state index contributed by atoms with van der Waals surface area (Å²) in [6.45, 7) is 12.6. The summed E-state index contributed by atoms with van der Waals surface area (Å²) in [5.74, 6) is 0.0833. The van der Waals surface area contributed by atoms with Crippen LogP contribution in [0.1, 0.15) is 44.8 Å². The van der Waals surface area contributed by atoms with Crippen LogP contribution in [-0.2, 0) is 6.42 Å². The molecule has 3 heterocycles. The minimum absolute atomic E-state index is 0.0833. The Morgan fingerprint density at radius 2 is 1.74 bits per heavy atom. The molecule has 6 nitrogen and oxygen atoms in total. The lowest BCUT2D eigenvalue weighted by molar-refractivity contribution is 0.0647. The lowest BCUT2D eigenvalue weighted by Gasteiger charge is -2.33. The van der Waals surface area contributed by atoms with Crippen molar-refractivity contribution in [2.45, 2.75) is 34.1 Å². The molecule has 1 saturated heterocycles. The van der Waals surface area contributed by atoms with E-state index in [4.69, 9.17) is 21.7 Å². The van der Waals surface area contributed by atoms with Gasteiger partial charge >= 0.3 is 0 Å². The number of piperazine rings is 1. The smallest absolute Gasteiger partial charge is 0.266 e. The summed E-state index contributed by atoms with van der Waals surface area (Å²) in [6.07, 6.45) is 0.784. The molecule has 3 aromatic rings. The van der Waals surface area contributed by atoms with E-state index in [2.05, 4.69) is 18.7 Å². The highest BCUT2D eigenvalue weighted by Crippen LogP contribution is 2.27. The van der Waals surface area contributed by atoms with E-state index in [1.165, 1.54) is 22.5 Å². The van der Waals surface area contributed by atoms with E-state index in [9.17, 15) is 4.79 Å². The number of carbonyl (C=O) groups is 1. The summed E-state index contributed by atoms with van der Waals surface area (Å²) in [7, 11) is 0. The maximum absolute atomic E-state index is 13.1. The van der Waals surface area contributed by atoms with Gasteiger partial charge in [-0.15, -0.1) is 0 Å². The van der Waals surface area contributed by atoms with Crippen molar-refractivity contribution in [1.82, 2.24) is 24.6 Å². The van der Waals surface area contributed by atoms with Crippen LogP contribution in [-0.4, -0.2) is 63.2 Å². The second kappa shape index (κ2) is 9.10. The van der Waals surface area contributed by atoms with Gasteiger partial charge in [0.2, 0.25) is 5.13 Å². The van der Waals surface area contributed by atoms with Gasteiger partial charge in [-0.3, -0.25) is 4.79 Å². The summed E-state index contributed by atoms with van der Waals surface area (Å²) < 4.78 is 1.88. The van der Waals surface area contributed by atoms with Gasteiger partial charge in [0.25, 0.3) is 5.91 Å². The van der Waals surface area contributed by atoms with Crippen LogP contribution in [0, 0.1) is 20.8 Å². The maximum atomic E-state index is 13.1. The molecular weight excluding hydrogens is 430 g/mol. The Morgan fingerprint density at radius 3 is 2.39 bits per heavy atom. The largest absolute Gasteiger partial charge is 0.335 e. The molecule has 0 bridgehead atoms. The fourth-order valence-electron chi connectivity index (χ4n) is 4.01. The Hall–Kier alpha value is -2.22. The predicted octanol–water partition coefficient (Wildman–Crippen LogP) is 4.28. The number of hydrogen-bond donors (Lipinski definition) is 0. The Bertz CT molecular complexity index is 1080. The van der Waals surface area contributed by atoms with Gasteiger partial charge in [-0.1, -0.05) is 42.0 Å². The average Bonchev–Trinajstić information content (AvgIpc) is 3.29. The second-order valence-corrected chi connectivity index (χ2v) is 9.42. The van der Waals surface area contributed by atoms with Crippen LogP contribution in [0.3, 0.4) is 0 Å². The van der Waals surface area contributed by atoms with Gasteiger partial charge in [0.15, 0.2) is 0 Å². The second-order valence-electron chi connectivity index (χ2n) is 8.00. The lowest BCUT2D eigenvalue weighted by Crippen LogP contribution is -2.48. The first-order chi connectivity index (χ1) is 14.9. The molecule has 4 rings (SSSR count). The Morgan fingerprint density at radius 1 is 1.06 bits per heavy atom. The topological polar surface area (TPSA) is 54.3 Å². The number of rotatable bonds is 5. The minimum atomic E-state index is 0.0833. The van der Waals surface area contributed by atoms with Crippen molar-refractivity contribution >= 4 is 28.8 Å². The van der Waals surface area contributed by atoms with Gasteiger partial charge in [0.05, 0.1) is 11.4 Å². The summed E-state index contributed by atoms with van der Waals surface area (Å²) in [5, 5.41) is 6.23. The molecular formula is C23H28ClN5OS. The molecule has 1 aromatic carbocycles. The summed E-state index contributed by atoms with van der Waals surface area (Å²) in [5.41, 5.74) is 5.17. The highest BCUT2D eigenvalue weighted by atomic mass is 35.5. The molecule has 1 aliphatic heterocycles. The number of halogens is 1. The van der Waals surface area contributed by atoms with Crippen molar-refractivity contribution < 1.29 is 4.79 Å². The van der Waals surface area contributed by atoms with Gasteiger partial charge in [-0.2, -0.15) is 5.10 Å². The summed E-state index contributed by atoms with van der Waals surface area (Å²) >= 11 is 7.45. The van der Waals surface area contributed by atoms with Crippen molar-refractivity contribution in [2.75, 3.05) is 32.7 Å². The molecule has 0 radical (unpaired) electrons. The maximum Gasteiger partial charge on any atom is 0.266 e. The molecule has 0 spiro atoms. The van der Waals surface area contributed by atoms with Crippen LogP contribution in [0.15, 0.2) is 24.3 Å². The number of thiazole rings is 1. The zero-order valence-electron chi connectivity index (χ0n) is 18.5. The first-order valence-corrected chi connectivity index (χ1v) is 11.9. The Balaban J connectivity index is 1.57. The summed E-state index contributed by atoms with van der Waals surface area (Å²) in [6, 6.07) is 7.91. The van der Waals surface area contributed by atoms with Gasteiger partial charge in [0.1, 0.15) is 4.88 Å². The van der Waals surface area contributed by atoms with Crippen LogP contribution in [0.25, 0.3) is 5.13 Å². The standard InChI is InChI=1S/C23H28ClN5OS/c1-5-27-10-12-28(13-11-27)22(30)21-16(3)25-23(31-21)29-17(4)20(15(2)26-29)14-18-6-8-19(24)9-7-18/h6-9H,5,10-14H2,1-4H3. The highest BCUT2D eigenvalue weighted by Gasteiger charge is 2.26. The minimum Gasteiger partial charge on any atom is -0.335 e. The molecule has 1 aliphatic rings. The van der Waals surface area contributed by atoms with E-state index in [-0.39, 0.29) is 5.91 Å². The van der Waals surface area contributed by atoms with Gasteiger partial charge < -0.3 is 9.80 Å². The Kier molecular flexibility index (Phi) is 6.46. The summed E-state index contributed by atoms with van der Waals surface area (Å²) in [4.78, 5) is 22.9. The third-order valence-corrected chi connectivity index (χ3v) is 7.38. The molecule has 0 aliphatic carbocycles. The van der Waals surface area contributed by atoms with E-state index in [1.54, 1.807) is 0 Å². The van der Waals surface area contributed by atoms with Crippen LogP contribution < -0.4 is 0 Å². The molecule has 8 heteroatoms. The number of carbonyl (C=O) groups excluding carboxylic acids is 1. The van der Waals surface area contributed by atoms with Gasteiger partial charge in [-0.05, 0) is 45.0 Å². The average molecular weight is 458 g/mol. The van der Waals surface area contributed by atoms with Gasteiger partial charge in [-0.25, -0.2) is 9.67 Å². The first kappa shape index (κ1) is 22.0. The molecule has 0 atom stereocenters. The number of amides is 1. The molecule has 2 aromatic heterocycles. The zero-order chi connectivity index (χ0) is 22.1. The first-order valence-electron chi connectivity index (χ1n) is 10.7. The van der Waals surface area contributed by atoms with E-state index >= 15 is 0 Å². The van der Waals surface area contributed by atoms with Crippen LogP contribution in [0.5, 0.6) is 0 Å². The molecule has 31 heavy (non-hydrogen) atoms. The van der Waals surface area contributed by atoms with Crippen LogP contribution in [0.2, 0.25) is 5.02 Å². The Labute approximate surface area is 192 Å². The fourth-order valence-corrected chi connectivity index (χ4v) is 5.17. The molecule has 0 saturated carbocycles. The van der Waals surface area contributed by atoms with Crippen molar-refractivity contribution in [1.29, 1.82) is 0 Å². The van der Waals surface area contributed by atoms with E-state index in [1.807, 2.05) is 47.7 Å². The van der Waals surface area contributed by atoms with Crippen molar-refractivity contribution in [3.8, 4) is 5.13 Å². The highest BCUT2D eigenvalue weighted by molar-refractivity contribution is 7.16. The third-order valence-electron chi connectivity index (χ3n) is 6.00. The monoisotopic (exact) mass is 457 g/mol. The number of aryl methyl sites for hydroxylation is 2. The molecule has 164 valence electrons. The molecule has 0 N–H and O–H groups in total. The zero-order valence-corrected chi connectivity index (χ0v) is 20.1. The predicted molar refractivity (Wildman–Crippen MR) is 126 cm³/mol. The van der Waals surface area contributed by atoms with Gasteiger partial charge in [0, 0.05) is 48.9 Å². The van der Waals surface area contributed by atoms with Crippen LogP contribution >= 0.6 is 22.9 Å². The molecule has 0 unspecified atom stereocenters. The molecule has 1 amide bonds. The third kappa shape index (κ3) is 4.54. The van der Waals surface area contributed by atoms with E-state index in [0.29, 0.717) is 4.88 Å².